The van der Waals surface area contributed by atoms with Crippen LogP contribution in [0.4, 0.5) is 0 Å². The number of imidazole rings is 1. The zero-order valence-corrected chi connectivity index (χ0v) is 14.1. The van der Waals surface area contributed by atoms with Gasteiger partial charge in [0.05, 0.1) is 18.7 Å². The Morgan fingerprint density at radius 3 is 2.87 bits per heavy atom. The van der Waals surface area contributed by atoms with Gasteiger partial charge in [0.1, 0.15) is 5.82 Å². The molecule has 0 spiro atoms. The lowest BCUT2D eigenvalue weighted by molar-refractivity contribution is -0.131. The Labute approximate surface area is 140 Å². The van der Waals surface area contributed by atoms with Crippen LogP contribution in [0.2, 0.25) is 0 Å². The summed E-state index contributed by atoms with van der Waals surface area (Å²) in [5.41, 5.74) is 1.15. The molecule has 0 aromatic carbocycles. The smallest absolute Gasteiger partial charge is 0.228 e. The lowest BCUT2D eigenvalue weighted by Gasteiger charge is -2.27. The Hall–Kier alpha value is -1.66. The standard InChI is InChI=1S/C17H22N4OS/c22-17(10-15-4-3-9-23-15)21-8-7-20-12-14(18-16(20)13-21)11-19-5-1-2-6-19/h3-4,9,12H,1-2,5-8,10-11,13H2. The van der Waals surface area contributed by atoms with Gasteiger partial charge in [0, 0.05) is 30.7 Å². The fraction of sp³-hybridized carbons (Fsp3) is 0.529. The van der Waals surface area contributed by atoms with Crippen LogP contribution in [-0.4, -0.2) is 44.9 Å². The third kappa shape index (κ3) is 3.33. The molecule has 6 heteroatoms. The van der Waals surface area contributed by atoms with E-state index in [1.807, 2.05) is 22.4 Å². The topological polar surface area (TPSA) is 41.4 Å². The van der Waals surface area contributed by atoms with Crippen molar-refractivity contribution in [3.63, 3.8) is 0 Å². The van der Waals surface area contributed by atoms with E-state index in [9.17, 15) is 4.79 Å². The second-order valence-electron chi connectivity index (χ2n) is 6.40. The number of hydrogen-bond acceptors (Lipinski definition) is 4. The van der Waals surface area contributed by atoms with Crippen molar-refractivity contribution in [1.82, 2.24) is 19.4 Å². The number of nitrogens with zero attached hydrogens (tertiary/aromatic N) is 4. The molecule has 1 amide bonds. The van der Waals surface area contributed by atoms with E-state index >= 15 is 0 Å². The third-order valence-corrected chi connectivity index (χ3v) is 5.57. The van der Waals surface area contributed by atoms with Gasteiger partial charge in [0.2, 0.25) is 5.91 Å². The largest absolute Gasteiger partial charge is 0.333 e. The highest BCUT2D eigenvalue weighted by molar-refractivity contribution is 7.10. The quantitative estimate of drug-likeness (QED) is 0.862. The van der Waals surface area contributed by atoms with Gasteiger partial charge >= 0.3 is 0 Å². The summed E-state index contributed by atoms with van der Waals surface area (Å²) in [6, 6.07) is 4.03. The van der Waals surface area contributed by atoms with Crippen LogP contribution in [0.25, 0.3) is 0 Å². The number of amides is 1. The first-order valence-corrected chi connectivity index (χ1v) is 9.23. The predicted octanol–water partition coefficient (Wildman–Crippen LogP) is 2.13. The summed E-state index contributed by atoms with van der Waals surface area (Å²) in [7, 11) is 0. The molecule has 0 aliphatic carbocycles. The van der Waals surface area contributed by atoms with Crippen LogP contribution < -0.4 is 0 Å². The first-order chi connectivity index (χ1) is 11.3. The fourth-order valence-corrected chi connectivity index (χ4v) is 4.14. The number of rotatable bonds is 4. The molecule has 5 nitrogen and oxygen atoms in total. The predicted molar refractivity (Wildman–Crippen MR) is 90.2 cm³/mol. The molecule has 4 rings (SSSR count). The summed E-state index contributed by atoms with van der Waals surface area (Å²) in [5.74, 6) is 1.24. The lowest BCUT2D eigenvalue weighted by Crippen LogP contribution is -2.39. The van der Waals surface area contributed by atoms with E-state index in [1.165, 1.54) is 25.9 Å². The van der Waals surface area contributed by atoms with E-state index in [0.29, 0.717) is 13.0 Å². The molecular formula is C17H22N4OS. The molecule has 2 aliphatic heterocycles. The van der Waals surface area contributed by atoms with Gasteiger partial charge in [0.15, 0.2) is 0 Å². The lowest BCUT2D eigenvalue weighted by atomic mass is 10.2. The van der Waals surface area contributed by atoms with E-state index in [-0.39, 0.29) is 5.91 Å². The van der Waals surface area contributed by atoms with Crippen molar-refractivity contribution < 1.29 is 4.79 Å². The van der Waals surface area contributed by atoms with Crippen LogP contribution in [0.15, 0.2) is 23.7 Å². The molecule has 122 valence electrons. The van der Waals surface area contributed by atoms with Crippen molar-refractivity contribution in [1.29, 1.82) is 0 Å². The van der Waals surface area contributed by atoms with Crippen molar-refractivity contribution in [2.75, 3.05) is 19.6 Å². The molecule has 0 atom stereocenters. The molecule has 0 saturated carbocycles. The van der Waals surface area contributed by atoms with Crippen molar-refractivity contribution >= 4 is 17.2 Å². The molecule has 2 aliphatic rings. The minimum atomic E-state index is 0.211. The van der Waals surface area contributed by atoms with E-state index in [4.69, 9.17) is 4.98 Å². The zero-order chi connectivity index (χ0) is 15.6. The molecule has 0 radical (unpaired) electrons. The summed E-state index contributed by atoms with van der Waals surface area (Å²) in [4.78, 5) is 22.8. The fourth-order valence-electron chi connectivity index (χ4n) is 3.44. The molecule has 4 heterocycles. The summed E-state index contributed by atoms with van der Waals surface area (Å²) in [5, 5.41) is 2.02. The molecule has 2 aromatic rings. The van der Waals surface area contributed by atoms with Crippen molar-refractivity contribution in [3.05, 3.63) is 40.1 Å². The summed E-state index contributed by atoms with van der Waals surface area (Å²) < 4.78 is 2.22. The minimum Gasteiger partial charge on any atom is -0.333 e. The maximum absolute atomic E-state index is 12.4. The van der Waals surface area contributed by atoms with Gasteiger partial charge in [-0.15, -0.1) is 11.3 Å². The van der Waals surface area contributed by atoms with E-state index in [0.717, 1.165) is 36.0 Å². The average molecular weight is 330 g/mol. The van der Waals surface area contributed by atoms with E-state index in [1.54, 1.807) is 11.3 Å². The van der Waals surface area contributed by atoms with Gasteiger partial charge in [0.25, 0.3) is 0 Å². The minimum absolute atomic E-state index is 0.211. The van der Waals surface area contributed by atoms with E-state index in [2.05, 4.69) is 15.7 Å². The second-order valence-corrected chi connectivity index (χ2v) is 7.43. The third-order valence-electron chi connectivity index (χ3n) is 4.69. The highest BCUT2D eigenvalue weighted by Gasteiger charge is 2.23. The van der Waals surface area contributed by atoms with E-state index < -0.39 is 0 Å². The van der Waals surface area contributed by atoms with Crippen LogP contribution in [0.5, 0.6) is 0 Å². The number of carbonyl (C=O) groups excluding carboxylic acids is 1. The molecule has 0 unspecified atom stereocenters. The summed E-state index contributed by atoms with van der Waals surface area (Å²) in [6.07, 6.45) is 5.30. The molecule has 1 saturated heterocycles. The molecule has 2 aromatic heterocycles. The molecule has 23 heavy (non-hydrogen) atoms. The Bertz CT molecular complexity index is 673. The second kappa shape index (κ2) is 6.45. The monoisotopic (exact) mass is 330 g/mol. The van der Waals surface area contributed by atoms with Gasteiger partial charge < -0.3 is 9.47 Å². The number of carbonyl (C=O) groups is 1. The first kappa shape index (κ1) is 14.9. The number of fused-ring (bicyclic) bond motifs is 1. The number of likely N-dealkylation sites (tertiary alicyclic amines) is 1. The maximum Gasteiger partial charge on any atom is 0.228 e. The Morgan fingerprint density at radius 2 is 2.09 bits per heavy atom. The van der Waals surface area contributed by atoms with Gasteiger partial charge in [-0.25, -0.2) is 4.98 Å². The number of thiophene rings is 1. The Kier molecular flexibility index (Phi) is 4.18. The summed E-state index contributed by atoms with van der Waals surface area (Å²) in [6.45, 7) is 5.61. The van der Waals surface area contributed by atoms with Crippen LogP contribution in [-0.2, 0) is 30.8 Å². The van der Waals surface area contributed by atoms with Crippen LogP contribution >= 0.6 is 11.3 Å². The molecular weight excluding hydrogens is 308 g/mol. The van der Waals surface area contributed by atoms with Gasteiger partial charge in [-0.3, -0.25) is 9.69 Å². The highest BCUT2D eigenvalue weighted by Crippen LogP contribution is 2.18. The Morgan fingerprint density at radius 1 is 1.22 bits per heavy atom. The zero-order valence-electron chi connectivity index (χ0n) is 13.3. The van der Waals surface area contributed by atoms with Gasteiger partial charge in [-0.2, -0.15) is 0 Å². The highest BCUT2D eigenvalue weighted by atomic mass is 32.1. The molecule has 0 N–H and O–H groups in total. The van der Waals surface area contributed by atoms with Crippen molar-refractivity contribution in [2.24, 2.45) is 0 Å². The van der Waals surface area contributed by atoms with Gasteiger partial charge in [-0.05, 0) is 37.4 Å². The number of aromatic nitrogens is 2. The number of hydrogen-bond donors (Lipinski definition) is 0. The van der Waals surface area contributed by atoms with Gasteiger partial charge in [-0.1, -0.05) is 6.07 Å². The Balaban J connectivity index is 1.40. The van der Waals surface area contributed by atoms with Crippen LogP contribution in [0.1, 0.15) is 29.2 Å². The van der Waals surface area contributed by atoms with Crippen molar-refractivity contribution in [2.45, 2.75) is 38.9 Å². The summed E-state index contributed by atoms with van der Waals surface area (Å²) >= 11 is 1.65. The molecule has 1 fully saturated rings. The molecule has 0 bridgehead atoms. The van der Waals surface area contributed by atoms with Crippen LogP contribution in [0, 0.1) is 0 Å². The normalized spacial score (nSPS) is 18.3. The van der Waals surface area contributed by atoms with Crippen LogP contribution in [0.3, 0.4) is 0 Å². The first-order valence-electron chi connectivity index (χ1n) is 8.35. The average Bonchev–Trinajstić information content (AvgIpc) is 3.27. The van der Waals surface area contributed by atoms with Crippen molar-refractivity contribution in [3.8, 4) is 0 Å². The maximum atomic E-state index is 12.4. The SMILES string of the molecule is O=C(Cc1cccs1)N1CCn2cc(CN3CCCC3)nc2C1.